The first-order chi connectivity index (χ1) is 11.7. The van der Waals surface area contributed by atoms with Crippen LogP contribution in [0.1, 0.15) is 31.2 Å². The Kier molecular flexibility index (Phi) is 6.09. The van der Waals surface area contributed by atoms with E-state index in [1.165, 1.54) is 0 Å². The maximum Gasteiger partial charge on any atom is 0.317 e. The van der Waals surface area contributed by atoms with Gasteiger partial charge in [0.2, 0.25) is 0 Å². The van der Waals surface area contributed by atoms with Crippen molar-refractivity contribution in [3.63, 3.8) is 0 Å². The number of amides is 2. The van der Waals surface area contributed by atoms with Crippen molar-refractivity contribution in [2.45, 2.75) is 44.3 Å². The summed E-state index contributed by atoms with van der Waals surface area (Å²) in [5, 5.41) is 7.17. The molecule has 2 fully saturated rings. The van der Waals surface area contributed by atoms with Crippen LogP contribution in [0.2, 0.25) is 0 Å². The Morgan fingerprint density at radius 1 is 1.29 bits per heavy atom. The van der Waals surface area contributed by atoms with E-state index in [2.05, 4.69) is 10.4 Å². The van der Waals surface area contributed by atoms with Crippen molar-refractivity contribution in [2.24, 2.45) is 7.05 Å². The Morgan fingerprint density at radius 3 is 2.46 bits per heavy atom. The number of urea groups is 1. The van der Waals surface area contributed by atoms with Crippen LogP contribution in [0.4, 0.5) is 4.79 Å². The fourth-order valence-corrected chi connectivity index (χ4v) is 3.34. The fraction of sp³-hybridized carbons (Fsp3) is 0.765. The molecule has 2 saturated heterocycles. The van der Waals surface area contributed by atoms with Crippen molar-refractivity contribution in [1.29, 1.82) is 0 Å². The van der Waals surface area contributed by atoms with Gasteiger partial charge in [-0.3, -0.25) is 4.68 Å². The summed E-state index contributed by atoms with van der Waals surface area (Å²) in [6.45, 7) is 3.53. The van der Waals surface area contributed by atoms with E-state index in [9.17, 15) is 4.79 Å². The van der Waals surface area contributed by atoms with E-state index in [1.807, 2.05) is 24.3 Å². The number of carbonyl (C=O) groups excluding carboxylic acids is 1. The van der Waals surface area contributed by atoms with Gasteiger partial charge < -0.3 is 19.7 Å². The van der Waals surface area contributed by atoms with E-state index in [0.29, 0.717) is 19.6 Å². The summed E-state index contributed by atoms with van der Waals surface area (Å²) in [6, 6.07) is -0.0232. The van der Waals surface area contributed by atoms with Gasteiger partial charge >= 0.3 is 6.03 Å². The van der Waals surface area contributed by atoms with Crippen molar-refractivity contribution >= 4 is 6.03 Å². The maximum atomic E-state index is 12.6. The molecule has 1 aromatic rings. The summed E-state index contributed by atoms with van der Waals surface area (Å²) in [4.78, 5) is 14.5. The molecule has 3 rings (SSSR count). The van der Waals surface area contributed by atoms with Crippen molar-refractivity contribution < 1.29 is 14.3 Å². The molecule has 2 atom stereocenters. The van der Waals surface area contributed by atoms with Crippen molar-refractivity contribution in [1.82, 2.24) is 20.0 Å². The molecule has 2 amide bonds. The highest BCUT2D eigenvalue weighted by atomic mass is 16.5. The normalized spacial score (nSPS) is 23.5. The number of hydrogen-bond donors (Lipinski definition) is 1. The Morgan fingerprint density at radius 2 is 1.96 bits per heavy atom. The van der Waals surface area contributed by atoms with E-state index in [0.717, 1.165) is 50.9 Å². The van der Waals surface area contributed by atoms with Crippen LogP contribution in [0.15, 0.2) is 12.4 Å². The molecule has 0 spiro atoms. The summed E-state index contributed by atoms with van der Waals surface area (Å²) in [5.74, 6) is 0. The van der Waals surface area contributed by atoms with Crippen LogP contribution < -0.4 is 5.32 Å². The van der Waals surface area contributed by atoms with Gasteiger partial charge in [-0.15, -0.1) is 0 Å². The average molecular weight is 336 g/mol. The number of aryl methyl sites for hydroxylation is 1. The third kappa shape index (κ3) is 4.95. The number of nitrogens with one attached hydrogen (secondary N) is 1. The van der Waals surface area contributed by atoms with Crippen molar-refractivity contribution in [3.05, 3.63) is 18.0 Å². The first-order valence-corrected chi connectivity index (χ1v) is 8.94. The number of carbonyl (C=O) groups is 1. The van der Waals surface area contributed by atoms with E-state index in [-0.39, 0.29) is 18.2 Å². The number of rotatable bonds is 7. The molecule has 1 aromatic heterocycles. The first-order valence-electron chi connectivity index (χ1n) is 8.94. The lowest BCUT2D eigenvalue weighted by molar-refractivity contribution is 0.0499. The predicted molar refractivity (Wildman–Crippen MR) is 89.8 cm³/mol. The molecule has 0 saturated carbocycles. The highest BCUT2D eigenvalue weighted by Gasteiger charge is 2.26. The molecule has 2 aliphatic heterocycles. The molecule has 0 radical (unpaired) electrons. The van der Waals surface area contributed by atoms with E-state index in [4.69, 9.17) is 9.47 Å². The quantitative estimate of drug-likeness (QED) is 0.816. The van der Waals surface area contributed by atoms with Crippen LogP contribution >= 0.6 is 0 Å². The minimum atomic E-state index is -0.0232. The summed E-state index contributed by atoms with van der Waals surface area (Å²) in [7, 11) is 1.90. The molecule has 1 N–H and O–H groups in total. The van der Waals surface area contributed by atoms with E-state index in [1.54, 1.807) is 4.68 Å². The van der Waals surface area contributed by atoms with Crippen LogP contribution in [-0.4, -0.2) is 65.8 Å². The molecule has 0 aromatic carbocycles. The first kappa shape index (κ1) is 17.2. The second-order valence-electron chi connectivity index (χ2n) is 6.68. The number of ether oxygens (including phenoxy) is 2. The predicted octanol–water partition coefficient (Wildman–Crippen LogP) is 1.33. The van der Waals surface area contributed by atoms with Gasteiger partial charge in [-0.2, -0.15) is 5.10 Å². The summed E-state index contributed by atoms with van der Waals surface area (Å²) in [6.07, 6.45) is 9.16. The van der Waals surface area contributed by atoms with Gasteiger partial charge in [-0.1, -0.05) is 0 Å². The molecule has 0 aliphatic carbocycles. The van der Waals surface area contributed by atoms with E-state index < -0.39 is 0 Å². The molecule has 0 bridgehead atoms. The molecule has 24 heavy (non-hydrogen) atoms. The molecule has 3 heterocycles. The van der Waals surface area contributed by atoms with Crippen molar-refractivity contribution in [3.8, 4) is 0 Å². The number of nitrogens with zero attached hydrogens (tertiary/aromatic N) is 3. The lowest BCUT2D eigenvalue weighted by atomic mass is 10.2. The molecule has 134 valence electrons. The lowest BCUT2D eigenvalue weighted by Crippen LogP contribution is -2.47. The summed E-state index contributed by atoms with van der Waals surface area (Å²) >= 11 is 0. The van der Waals surface area contributed by atoms with Gasteiger partial charge in [-0.25, -0.2) is 4.79 Å². The average Bonchev–Trinajstić information content (AvgIpc) is 3.30. The molecule has 7 heteroatoms. The third-order valence-electron chi connectivity index (χ3n) is 4.63. The Bertz CT molecular complexity index is 504. The monoisotopic (exact) mass is 336 g/mol. The van der Waals surface area contributed by atoms with Gasteiger partial charge in [0.15, 0.2) is 0 Å². The topological polar surface area (TPSA) is 68.6 Å². The second kappa shape index (κ2) is 8.48. The molecular formula is C17H28N4O3. The number of hydrogen-bond acceptors (Lipinski definition) is 4. The van der Waals surface area contributed by atoms with Crippen LogP contribution in [0.3, 0.4) is 0 Å². The number of aromatic nitrogens is 2. The SMILES string of the molecule is Cn1cc(CCNC(=O)N(C[C@@H]2CCCO2)C[C@@H]2CCCO2)cn1. The highest BCUT2D eigenvalue weighted by molar-refractivity contribution is 5.74. The minimum Gasteiger partial charge on any atom is -0.376 e. The fourth-order valence-electron chi connectivity index (χ4n) is 3.34. The van der Waals surface area contributed by atoms with Crippen LogP contribution in [0, 0.1) is 0 Å². The van der Waals surface area contributed by atoms with Gasteiger partial charge in [0.05, 0.1) is 18.4 Å². The van der Waals surface area contributed by atoms with Crippen LogP contribution in [0.25, 0.3) is 0 Å². The minimum absolute atomic E-state index is 0.0232. The molecular weight excluding hydrogens is 308 g/mol. The standard InChI is InChI=1S/C17H28N4O3/c1-20-11-14(10-19-20)6-7-18-17(22)21(12-15-4-2-8-23-15)13-16-5-3-9-24-16/h10-11,15-16H,2-9,12-13H2,1H3,(H,18,22)/t15-,16-/m0/s1. The maximum absolute atomic E-state index is 12.6. The van der Waals surface area contributed by atoms with Crippen LogP contribution in [-0.2, 0) is 22.9 Å². The van der Waals surface area contributed by atoms with Gasteiger partial charge in [0.25, 0.3) is 0 Å². The third-order valence-corrected chi connectivity index (χ3v) is 4.63. The zero-order valence-corrected chi connectivity index (χ0v) is 14.4. The zero-order valence-electron chi connectivity index (χ0n) is 14.4. The van der Waals surface area contributed by atoms with Crippen molar-refractivity contribution in [2.75, 3.05) is 32.8 Å². The molecule has 0 unspecified atom stereocenters. The molecule has 2 aliphatic rings. The van der Waals surface area contributed by atoms with E-state index >= 15 is 0 Å². The van der Waals surface area contributed by atoms with Gasteiger partial charge in [0, 0.05) is 46.1 Å². The highest BCUT2D eigenvalue weighted by Crippen LogP contribution is 2.17. The van der Waals surface area contributed by atoms with Gasteiger partial charge in [-0.05, 0) is 37.7 Å². The lowest BCUT2D eigenvalue weighted by Gasteiger charge is -2.28. The van der Waals surface area contributed by atoms with Crippen LogP contribution in [0.5, 0.6) is 0 Å². The Balaban J connectivity index is 1.48. The largest absolute Gasteiger partial charge is 0.376 e. The summed E-state index contributed by atoms with van der Waals surface area (Å²) in [5.41, 5.74) is 1.13. The Labute approximate surface area is 143 Å². The Hall–Kier alpha value is -1.60. The molecule has 7 nitrogen and oxygen atoms in total. The second-order valence-corrected chi connectivity index (χ2v) is 6.68. The van der Waals surface area contributed by atoms with Gasteiger partial charge in [0.1, 0.15) is 0 Å². The zero-order chi connectivity index (χ0) is 16.8. The smallest absolute Gasteiger partial charge is 0.317 e. The summed E-state index contributed by atoms with van der Waals surface area (Å²) < 4.78 is 13.2.